The number of ether oxygens (including phenoxy) is 1. The maximum absolute atomic E-state index is 11.4. The predicted octanol–water partition coefficient (Wildman–Crippen LogP) is -0.202. The van der Waals surface area contributed by atoms with Crippen molar-refractivity contribution in [3.63, 3.8) is 0 Å². The summed E-state index contributed by atoms with van der Waals surface area (Å²) in [6.07, 6.45) is 1.00. The minimum absolute atomic E-state index is 0.131. The lowest BCUT2D eigenvalue weighted by Gasteiger charge is -2.19. The van der Waals surface area contributed by atoms with Crippen molar-refractivity contribution in [2.24, 2.45) is 5.92 Å². The molecule has 0 spiro atoms. The van der Waals surface area contributed by atoms with Crippen molar-refractivity contribution in [1.82, 2.24) is 5.32 Å². The van der Waals surface area contributed by atoms with Crippen LogP contribution < -0.4 is 5.32 Å². The minimum atomic E-state index is -2.79. The maximum atomic E-state index is 11.4. The van der Waals surface area contributed by atoms with Crippen LogP contribution in [0.4, 0.5) is 0 Å². The first-order valence-corrected chi connectivity index (χ1v) is 6.93. The van der Waals surface area contributed by atoms with E-state index in [0.717, 1.165) is 19.6 Å². The molecule has 1 unspecified atom stereocenters. The third kappa shape index (κ3) is 2.27. The lowest BCUT2D eigenvalue weighted by atomic mass is 10.1. The Bertz CT molecular complexity index is 295. The first-order chi connectivity index (χ1) is 6.57. The summed E-state index contributed by atoms with van der Waals surface area (Å²) in [5.41, 5.74) is 0. The lowest BCUT2D eigenvalue weighted by Crippen LogP contribution is -2.42. The largest absolute Gasteiger partial charge is 0.380 e. The van der Waals surface area contributed by atoms with Crippen LogP contribution in [0.3, 0.4) is 0 Å². The number of hydrogen-bond donors (Lipinski definition) is 1. The molecule has 0 saturated carbocycles. The second kappa shape index (κ2) is 3.79. The van der Waals surface area contributed by atoms with Gasteiger partial charge in [-0.2, -0.15) is 0 Å². The van der Waals surface area contributed by atoms with Crippen molar-refractivity contribution in [3.8, 4) is 0 Å². The molecule has 1 N–H and O–H groups in total. The van der Waals surface area contributed by atoms with Gasteiger partial charge in [-0.3, -0.25) is 0 Å². The van der Waals surface area contributed by atoms with Gasteiger partial charge in [0, 0.05) is 18.7 Å². The minimum Gasteiger partial charge on any atom is -0.380 e. The van der Waals surface area contributed by atoms with Gasteiger partial charge in [0.1, 0.15) is 0 Å². The van der Waals surface area contributed by atoms with E-state index in [0.29, 0.717) is 17.5 Å². The van der Waals surface area contributed by atoms with E-state index < -0.39 is 9.84 Å². The summed E-state index contributed by atoms with van der Waals surface area (Å²) in [6.45, 7) is 3.52. The van der Waals surface area contributed by atoms with Gasteiger partial charge in [0.15, 0.2) is 9.84 Å². The Morgan fingerprint density at radius 1 is 1.36 bits per heavy atom. The zero-order valence-corrected chi connectivity index (χ0v) is 9.22. The monoisotopic (exact) mass is 219 g/mol. The quantitative estimate of drug-likeness (QED) is 0.698. The van der Waals surface area contributed by atoms with Crippen LogP contribution >= 0.6 is 0 Å². The summed E-state index contributed by atoms with van der Waals surface area (Å²) < 4.78 is 28.0. The fourth-order valence-corrected chi connectivity index (χ4v) is 4.35. The molecule has 82 valence electrons. The van der Waals surface area contributed by atoms with E-state index in [1.54, 1.807) is 0 Å². The van der Waals surface area contributed by atoms with Gasteiger partial charge in [0.25, 0.3) is 0 Å². The average molecular weight is 219 g/mol. The zero-order valence-electron chi connectivity index (χ0n) is 8.40. The van der Waals surface area contributed by atoms with Crippen LogP contribution in [-0.4, -0.2) is 45.2 Å². The van der Waals surface area contributed by atoms with Gasteiger partial charge in [-0.05, 0) is 12.3 Å². The third-order valence-electron chi connectivity index (χ3n) is 3.02. The summed E-state index contributed by atoms with van der Waals surface area (Å²) in [4.78, 5) is 0. The molecule has 3 atom stereocenters. The molecular weight excluding hydrogens is 202 g/mol. The molecule has 5 heteroatoms. The molecule has 4 nitrogen and oxygen atoms in total. The molecule has 2 heterocycles. The summed E-state index contributed by atoms with van der Waals surface area (Å²) in [7, 11) is -2.79. The highest BCUT2D eigenvalue weighted by molar-refractivity contribution is 7.91. The van der Waals surface area contributed by atoms with Crippen LogP contribution in [0.15, 0.2) is 0 Å². The molecule has 0 radical (unpaired) electrons. The van der Waals surface area contributed by atoms with E-state index >= 15 is 0 Å². The number of nitrogens with one attached hydrogen (secondary N) is 1. The summed E-state index contributed by atoms with van der Waals surface area (Å²) in [5.74, 6) is 0.865. The van der Waals surface area contributed by atoms with Crippen LogP contribution in [0.2, 0.25) is 0 Å². The van der Waals surface area contributed by atoms with Gasteiger partial charge in [0.05, 0.1) is 18.1 Å². The van der Waals surface area contributed by atoms with Crippen molar-refractivity contribution < 1.29 is 13.2 Å². The second-order valence-electron chi connectivity index (χ2n) is 4.39. The Labute approximate surface area is 84.9 Å². The van der Waals surface area contributed by atoms with Gasteiger partial charge in [-0.15, -0.1) is 0 Å². The van der Waals surface area contributed by atoms with E-state index in [9.17, 15) is 8.42 Å². The second-order valence-corrected chi connectivity index (χ2v) is 6.54. The van der Waals surface area contributed by atoms with Crippen LogP contribution in [0.1, 0.15) is 13.3 Å². The number of rotatable bonds is 2. The van der Waals surface area contributed by atoms with Gasteiger partial charge < -0.3 is 10.1 Å². The molecule has 0 bridgehead atoms. The Balaban J connectivity index is 1.92. The highest BCUT2D eigenvalue weighted by atomic mass is 32.2. The molecular formula is C9H17NO3S. The first kappa shape index (κ1) is 10.4. The van der Waals surface area contributed by atoms with Crippen molar-refractivity contribution >= 4 is 9.84 Å². The maximum Gasteiger partial charge on any atom is 0.152 e. The fourth-order valence-electron chi connectivity index (χ4n) is 2.20. The molecule has 0 aromatic heterocycles. The van der Waals surface area contributed by atoms with Crippen molar-refractivity contribution in [3.05, 3.63) is 0 Å². The summed E-state index contributed by atoms with van der Waals surface area (Å²) in [6, 6.07) is 0.488. The Kier molecular flexibility index (Phi) is 2.81. The van der Waals surface area contributed by atoms with Gasteiger partial charge in [-0.25, -0.2) is 8.42 Å². The molecule has 2 aliphatic heterocycles. The van der Waals surface area contributed by atoms with E-state index in [2.05, 4.69) is 5.32 Å². The van der Waals surface area contributed by atoms with Crippen molar-refractivity contribution in [2.75, 3.05) is 24.7 Å². The Morgan fingerprint density at radius 2 is 2.14 bits per heavy atom. The molecule has 2 rings (SSSR count). The van der Waals surface area contributed by atoms with Crippen molar-refractivity contribution in [1.29, 1.82) is 0 Å². The zero-order chi connectivity index (χ0) is 10.2. The van der Waals surface area contributed by atoms with E-state index in [1.165, 1.54) is 0 Å². The molecule has 14 heavy (non-hydrogen) atoms. The molecule has 2 aliphatic rings. The fraction of sp³-hybridized carbons (Fsp3) is 1.00. The van der Waals surface area contributed by atoms with Crippen LogP contribution in [0.25, 0.3) is 0 Å². The Hall–Kier alpha value is -0.130. The van der Waals surface area contributed by atoms with Crippen molar-refractivity contribution in [2.45, 2.75) is 25.4 Å². The first-order valence-electron chi connectivity index (χ1n) is 5.11. The van der Waals surface area contributed by atoms with E-state index in [4.69, 9.17) is 4.74 Å². The van der Waals surface area contributed by atoms with E-state index in [-0.39, 0.29) is 12.0 Å². The highest BCUT2D eigenvalue weighted by Crippen LogP contribution is 2.20. The van der Waals surface area contributed by atoms with Gasteiger partial charge in [0.2, 0.25) is 0 Å². The standard InChI is InChI=1S/C9H17NO3S/c1-7-5-14(11,12)6-9(7)10-8-2-3-13-4-8/h7-10H,2-6H2,1H3/t7-,8?,9-/m1/s1. The van der Waals surface area contributed by atoms with Gasteiger partial charge in [-0.1, -0.05) is 6.92 Å². The molecule has 0 aromatic rings. The number of sulfone groups is 1. The lowest BCUT2D eigenvalue weighted by molar-refractivity contribution is 0.187. The SMILES string of the molecule is C[C@@H]1CS(=O)(=O)C[C@H]1NC1CCOC1. The highest BCUT2D eigenvalue weighted by Gasteiger charge is 2.36. The average Bonchev–Trinajstić information content (AvgIpc) is 2.61. The number of hydrogen-bond acceptors (Lipinski definition) is 4. The normalized spacial score (nSPS) is 41.6. The predicted molar refractivity (Wildman–Crippen MR) is 54.0 cm³/mol. The smallest absolute Gasteiger partial charge is 0.152 e. The topological polar surface area (TPSA) is 55.4 Å². The summed E-state index contributed by atoms with van der Waals surface area (Å²) in [5, 5.41) is 3.38. The Morgan fingerprint density at radius 3 is 2.64 bits per heavy atom. The molecule has 0 amide bonds. The molecule has 2 fully saturated rings. The summed E-state index contributed by atoms with van der Waals surface area (Å²) >= 11 is 0. The van der Waals surface area contributed by atoms with Crippen LogP contribution in [0, 0.1) is 5.92 Å². The molecule has 0 aromatic carbocycles. The molecule has 2 saturated heterocycles. The van der Waals surface area contributed by atoms with Gasteiger partial charge >= 0.3 is 0 Å². The molecule has 0 aliphatic carbocycles. The van der Waals surface area contributed by atoms with Crippen LogP contribution in [-0.2, 0) is 14.6 Å². The van der Waals surface area contributed by atoms with E-state index in [1.807, 2.05) is 6.92 Å². The third-order valence-corrected chi connectivity index (χ3v) is 4.92. The van der Waals surface area contributed by atoms with Crippen LogP contribution in [0.5, 0.6) is 0 Å².